The van der Waals surface area contributed by atoms with Crippen LogP contribution in [0.4, 0.5) is 4.39 Å². The van der Waals surface area contributed by atoms with Crippen LogP contribution >= 0.6 is 15.9 Å². The van der Waals surface area contributed by atoms with Gasteiger partial charge >= 0.3 is 5.97 Å². The molecule has 0 amide bonds. The lowest BCUT2D eigenvalue weighted by molar-refractivity contribution is -0.142. The van der Waals surface area contributed by atoms with Crippen molar-refractivity contribution >= 4 is 21.9 Å². The van der Waals surface area contributed by atoms with E-state index in [1.54, 1.807) is 12.3 Å². The summed E-state index contributed by atoms with van der Waals surface area (Å²) >= 11 is 3.31. The molecule has 1 N–H and O–H groups in total. The Morgan fingerprint density at radius 3 is 2.95 bits per heavy atom. The molecule has 21 heavy (non-hydrogen) atoms. The van der Waals surface area contributed by atoms with Crippen LogP contribution in [0, 0.1) is 11.7 Å². The zero-order valence-electron chi connectivity index (χ0n) is 11.0. The Hall–Kier alpha value is -1.82. The summed E-state index contributed by atoms with van der Waals surface area (Å²) in [5, 5.41) is 9.08. The van der Waals surface area contributed by atoms with Crippen LogP contribution in [0.5, 0.6) is 0 Å². The van der Waals surface area contributed by atoms with Crippen molar-refractivity contribution in [3.05, 3.63) is 45.9 Å². The zero-order valence-corrected chi connectivity index (χ0v) is 12.6. The van der Waals surface area contributed by atoms with Crippen LogP contribution in [0.25, 0.3) is 11.4 Å². The van der Waals surface area contributed by atoms with Gasteiger partial charge in [0.25, 0.3) is 0 Å². The molecule has 0 bridgehead atoms. The van der Waals surface area contributed by atoms with Gasteiger partial charge in [-0.15, -0.1) is 0 Å². The van der Waals surface area contributed by atoms with Crippen LogP contribution < -0.4 is 0 Å². The Bertz CT molecular complexity index is 721. The number of carboxylic acids is 1. The lowest BCUT2D eigenvalue weighted by Crippen LogP contribution is -2.23. The molecular formula is C15H12BrFN2O2. The van der Waals surface area contributed by atoms with E-state index in [4.69, 9.17) is 5.11 Å². The van der Waals surface area contributed by atoms with Gasteiger partial charge in [-0.2, -0.15) is 0 Å². The fourth-order valence-electron chi connectivity index (χ4n) is 2.52. The van der Waals surface area contributed by atoms with Crippen LogP contribution in [-0.4, -0.2) is 21.0 Å². The number of aryl methyl sites for hydroxylation is 1. The summed E-state index contributed by atoms with van der Waals surface area (Å²) in [4.78, 5) is 19.8. The van der Waals surface area contributed by atoms with Gasteiger partial charge in [0, 0.05) is 21.9 Å². The molecule has 0 spiro atoms. The summed E-state index contributed by atoms with van der Waals surface area (Å²) in [7, 11) is 0. The van der Waals surface area contributed by atoms with E-state index in [0.29, 0.717) is 29.6 Å². The molecule has 0 radical (unpaired) electrons. The SMILES string of the molecule is O=C(O)C1CCc2nc(-c3ccc(F)cc3Br)ncc2C1. The van der Waals surface area contributed by atoms with E-state index in [1.165, 1.54) is 12.1 Å². The number of rotatable bonds is 2. The highest BCUT2D eigenvalue weighted by molar-refractivity contribution is 9.10. The number of carbonyl (C=O) groups is 1. The molecule has 3 rings (SSSR count). The van der Waals surface area contributed by atoms with Gasteiger partial charge in [0.15, 0.2) is 5.82 Å². The summed E-state index contributed by atoms with van der Waals surface area (Å²) in [5.41, 5.74) is 2.49. The van der Waals surface area contributed by atoms with Gasteiger partial charge in [-0.3, -0.25) is 4.79 Å². The Labute approximate surface area is 129 Å². The summed E-state index contributed by atoms with van der Waals surface area (Å²) in [6.07, 6.45) is 3.36. The predicted octanol–water partition coefficient (Wildman–Crippen LogP) is 3.23. The van der Waals surface area contributed by atoms with Gasteiger partial charge in [0.05, 0.1) is 5.92 Å². The number of carboxylic acid groups (broad SMARTS) is 1. The Morgan fingerprint density at radius 1 is 1.43 bits per heavy atom. The lowest BCUT2D eigenvalue weighted by atomic mass is 9.87. The van der Waals surface area contributed by atoms with Crippen LogP contribution in [0.15, 0.2) is 28.9 Å². The summed E-state index contributed by atoms with van der Waals surface area (Å²) < 4.78 is 13.7. The molecule has 4 nitrogen and oxygen atoms in total. The number of nitrogens with zero attached hydrogens (tertiary/aromatic N) is 2. The number of benzene rings is 1. The first-order valence-corrected chi connectivity index (χ1v) is 7.37. The van der Waals surface area contributed by atoms with Gasteiger partial charge in [-0.1, -0.05) is 0 Å². The zero-order chi connectivity index (χ0) is 15.0. The van der Waals surface area contributed by atoms with Crippen LogP contribution in [0.3, 0.4) is 0 Å². The smallest absolute Gasteiger partial charge is 0.306 e. The van der Waals surface area contributed by atoms with E-state index in [0.717, 1.165) is 16.8 Å². The average molecular weight is 351 g/mol. The molecule has 1 aromatic carbocycles. The van der Waals surface area contributed by atoms with Crippen molar-refractivity contribution in [3.63, 3.8) is 0 Å². The largest absolute Gasteiger partial charge is 0.481 e. The van der Waals surface area contributed by atoms with Crippen molar-refractivity contribution in [2.45, 2.75) is 19.3 Å². The van der Waals surface area contributed by atoms with E-state index in [-0.39, 0.29) is 11.7 Å². The van der Waals surface area contributed by atoms with Crippen molar-refractivity contribution < 1.29 is 14.3 Å². The molecule has 1 aliphatic carbocycles. The minimum atomic E-state index is -0.772. The third-order valence-corrected chi connectivity index (χ3v) is 4.33. The van der Waals surface area contributed by atoms with E-state index >= 15 is 0 Å². The van der Waals surface area contributed by atoms with E-state index in [9.17, 15) is 9.18 Å². The lowest BCUT2D eigenvalue weighted by Gasteiger charge is -2.20. The van der Waals surface area contributed by atoms with Gasteiger partial charge in [0.2, 0.25) is 0 Å². The number of aromatic nitrogens is 2. The van der Waals surface area contributed by atoms with Gasteiger partial charge in [-0.05, 0) is 59.0 Å². The molecule has 0 saturated heterocycles. The summed E-state index contributed by atoms with van der Waals surface area (Å²) in [5.74, 6) is -0.933. The minimum absolute atomic E-state index is 0.326. The highest BCUT2D eigenvalue weighted by Crippen LogP contribution is 2.29. The molecule has 1 aliphatic rings. The van der Waals surface area contributed by atoms with Crippen LogP contribution in [-0.2, 0) is 17.6 Å². The molecule has 1 atom stereocenters. The number of hydrogen-bond acceptors (Lipinski definition) is 3. The molecule has 0 saturated carbocycles. The Balaban J connectivity index is 1.95. The molecule has 1 unspecified atom stereocenters. The normalized spacial score (nSPS) is 17.3. The number of aliphatic carboxylic acids is 1. The maximum Gasteiger partial charge on any atom is 0.306 e. The quantitative estimate of drug-likeness (QED) is 0.902. The second-order valence-corrected chi connectivity index (χ2v) is 5.92. The molecule has 0 aliphatic heterocycles. The van der Waals surface area contributed by atoms with E-state index < -0.39 is 5.97 Å². The van der Waals surface area contributed by atoms with Gasteiger partial charge in [0.1, 0.15) is 5.82 Å². The van der Waals surface area contributed by atoms with Gasteiger partial charge < -0.3 is 5.11 Å². The molecule has 1 aromatic heterocycles. The standard InChI is InChI=1S/C15H12BrFN2O2/c16-12-6-10(17)2-3-11(12)14-18-7-9-5-8(15(20)21)1-4-13(9)19-14/h2-3,6-8H,1,4-5H2,(H,20,21). The molecule has 0 fully saturated rings. The van der Waals surface area contributed by atoms with Crippen molar-refractivity contribution in [2.75, 3.05) is 0 Å². The minimum Gasteiger partial charge on any atom is -0.481 e. The first-order chi connectivity index (χ1) is 10.0. The first kappa shape index (κ1) is 14.1. The molecule has 108 valence electrons. The fraction of sp³-hybridized carbons (Fsp3) is 0.267. The number of hydrogen-bond donors (Lipinski definition) is 1. The summed E-state index contributed by atoms with van der Waals surface area (Å²) in [6, 6.07) is 4.37. The van der Waals surface area contributed by atoms with Crippen molar-refractivity contribution in [1.82, 2.24) is 9.97 Å². The van der Waals surface area contributed by atoms with E-state index in [1.807, 2.05) is 0 Å². The van der Waals surface area contributed by atoms with Gasteiger partial charge in [-0.25, -0.2) is 14.4 Å². The maximum absolute atomic E-state index is 13.1. The van der Waals surface area contributed by atoms with Crippen LogP contribution in [0.2, 0.25) is 0 Å². The third-order valence-electron chi connectivity index (χ3n) is 3.67. The highest BCUT2D eigenvalue weighted by Gasteiger charge is 2.25. The summed E-state index contributed by atoms with van der Waals surface area (Å²) in [6.45, 7) is 0. The monoisotopic (exact) mass is 350 g/mol. The second kappa shape index (κ2) is 5.52. The topological polar surface area (TPSA) is 63.1 Å². The average Bonchev–Trinajstić information content (AvgIpc) is 2.46. The second-order valence-electron chi connectivity index (χ2n) is 5.07. The molecule has 6 heteroatoms. The maximum atomic E-state index is 13.1. The van der Waals surface area contributed by atoms with Crippen molar-refractivity contribution in [3.8, 4) is 11.4 Å². The molecular weight excluding hydrogens is 339 g/mol. The number of fused-ring (bicyclic) bond motifs is 1. The van der Waals surface area contributed by atoms with Crippen molar-refractivity contribution in [1.29, 1.82) is 0 Å². The van der Waals surface area contributed by atoms with Crippen LogP contribution in [0.1, 0.15) is 17.7 Å². The first-order valence-electron chi connectivity index (χ1n) is 6.57. The Morgan fingerprint density at radius 2 is 2.24 bits per heavy atom. The third kappa shape index (κ3) is 2.81. The molecule has 1 heterocycles. The highest BCUT2D eigenvalue weighted by atomic mass is 79.9. The van der Waals surface area contributed by atoms with Crippen molar-refractivity contribution in [2.24, 2.45) is 5.92 Å². The Kier molecular flexibility index (Phi) is 3.71. The fourth-order valence-corrected chi connectivity index (χ4v) is 3.05. The van der Waals surface area contributed by atoms with E-state index in [2.05, 4.69) is 25.9 Å². The predicted molar refractivity (Wildman–Crippen MR) is 78.3 cm³/mol. The number of halogens is 2. The molecule has 2 aromatic rings.